The molecule has 2 aromatic rings. The zero-order valence-corrected chi connectivity index (χ0v) is 16.5. The van der Waals surface area contributed by atoms with Gasteiger partial charge in [0.2, 0.25) is 6.79 Å². The molecule has 0 unspecified atom stereocenters. The second kappa shape index (κ2) is 8.21. The molecule has 0 spiro atoms. The third-order valence-corrected chi connectivity index (χ3v) is 4.98. The number of carbonyl (C=O) groups excluding carboxylic acids is 1. The molecule has 3 N–H and O–H groups in total. The van der Waals surface area contributed by atoms with E-state index in [0.717, 1.165) is 23.5 Å². The largest absolute Gasteiger partial charge is 0.454 e. The number of benzene rings is 1. The summed E-state index contributed by atoms with van der Waals surface area (Å²) in [6.07, 6.45) is 1.35. The van der Waals surface area contributed by atoms with E-state index in [1.165, 1.54) is 0 Å². The first-order valence-electron chi connectivity index (χ1n) is 7.88. The van der Waals surface area contributed by atoms with E-state index in [1.807, 2.05) is 18.2 Å². The Bertz CT molecular complexity index is 934. The lowest BCUT2D eigenvalue weighted by atomic mass is 10.1. The van der Waals surface area contributed by atoms with Gasteiger partial charge in [0.05, 0.1) is 10.7 Å². The quantitative estimate of drug-likeness (QED) is 0.424. The Labute approximate surface area is 170 Å². The monoisotopic (exact) mass is 428 g/mol. The number of carbonyl (C=O) groups is 1. The van der Waals surface area contributed by atoms with Crippen LogP contribution in [0.2, 0.25) is 15.2 Å². The van der Waals surface area contributed by atoms with Gasteiger partial charge in [0.25, 0.3) is 5.91 Å². The van der Waals surface area contributed by atoms with Crippen molar-refractivity contribution in [1.82, 2.24) is 10.4 Å². The van der Waals surface area contributed by atoms with Gasteiger partial charge in [0.1, 0.15) is 5.02 Å². The molecular formula is C17H15Cl3N4O3. The van der Waals surface area contributed by atoms with E-state index >= 15 is 0 Å². The maximum atomic E-state index is 12.2. The number of rotatable bonds is 5. The number of hydrogen-bond acceptors (Lipinski definition) is 6. The van der Waals surface area contributed by atoms with Gasteiger partial charge in [-0.3, -0.25) is 4.79 Å². The number of nitrogens with two attached hydrogens (primary N) is 1. The van der Waals surface area contributed by atoms with Gasteiger partial charge in [-0.05, 0) is 37.5 Å². The predicted octanol–water partition coefficient (Wildman–Crippen LogP) is 4.09. The van der Waals surface area contributed by atoms with E-state index in [0.29, 0.717) is 12.1 Å². The molecule has 0 atom stereocenters. The summed E-state index contributed by atoms with van der Waals surface area (Å²) >= 11 is 17.7. The van der Waals surface area contributed by atoms with Gasteiger partial charge in [0.15, 0.2) is 22.3 Å². The van der Waals surface area contributed by atoms with Crippen molar-refractivity contribution < 1.29 is 14.3 Å². The predicted molar refractivity (Wildman–Crippen MR) is 105 cm³/mol. The Hall–Kier alpha value is -2.22. The van der Waals surface area contributed by atoms with Gasteiger partial charge in [0, 0.05) is 5.71 Å². The lowest BCUT2D eigenvalue weighted by Crippen LogP contribution is -2.21. The minimum Gasteiger partial charge on any atom is -0.454 e. The van der Waals surface area contributed by atoms with Gasteiger partial charge in [-0.25, -0.2) is 10.4 Å². The minimum atomic E-state index is -0.632. The van der Waals surface area contributed by atoms with Crippen LogP contribution in [0.1, 0.15) is 29.4 Å². The number of fused-ring (bicyclic) bond motifs is 1. The summed E-state index contributed by atoms with van der Waals surface area (Å²) in [5, 5.41) is 3.88. The molecule has 0 bridgehead atoms. The molecule has 3 rings (SSSR count). The number of aromatic nitrogens is 1. The van der Waals surface area contributed by atoms with Gasteiger partial charge < -0.3 is 15.2 Å². The fraction of sp³-hybridized carbons (Fsp3) is 0.235. The van der Waals surface area contributed by atoms with Crippen LogP contribution in [0.15, 0.2) is 23.3 Å². The fourth-order valence-corrected chi connectivity index (χ4v) is 2.95. The molecule has 1 aliphatic rings. The van der Waals surface area contributed by atoms with Crippen LogP contribution in [0, 0.1) is 0 Å². The van der Waals surface area contributed by atoms with Crippen molar-refractivity contribution in [2.45, 2.75) is 19.8 Å². The third-order valence-electron chi connectivity index (χ3n) is 3.85. The molecule has 2 heterocycles. The van der Waals surface area contributed by atoms with Crippen LogP contribution < -0.4 is 20.6 Å². The number of nitrogen functional groups attached to an aromatic ring is 1. The van der Waals surface area contributed by atoms with Crippen LogP contribution in [0.3, 0.4) is 0 Å². The number of amides is 1. The molecule has 10 heteroatoms. The summed E-state index contributed by atoms with van der Waals surface area (Å²) in [5.41, 5.74) is 9.73. The third kappa shape index (κ3) is 4.37. The first-order chi connectivity index (χ1) is 12.9. The zero-order chi connectivity index (χ0) is 19.6. The van der Waals surface area contributed by atoms with Crippen LogP contribution in [0.5, 0.6) is 11.5 Å². The standard InChI is InChI=1S/C17H15Cl3N4O3/c1-8(2-3-9-4-5-10-11(6-9)27-7-26-10)23-24-17(25)15-12(18)14(21)13(19)16(20)22-15/h4-6H,2-3,7H2,1H3,(H2,21,22)(H,24,25)/b23-8+. The van der Waals surface area contributed by atoms with Crippen molar-refractivity contribution >= 4 is 52.1 Å². The fourth-order valence-electron chi connectivity index (χ4n) is 2.36. The van der Waals surface area contributed by atoms with Crippen molar-refractivity contribution in [2.75, 3.05) is 12.5 Å². The van der Waals surface area contributed by atoms with E-state index in [-0.39, 0.29) is 33.4 Å². The number of anilines is 1. The van der Waals surface area contributed by atoms with Crippen molar-refractivity contribution in [3.63, 3.8) is 0 Å². The Morgan fingerprint density at radius 2 is 2.00 bits per heavy atom. The number of aryl methyl sites for hydroxylation is 1. The van der Waals surface area contributed by atoms with Gasteiger partial charge >= 0.3 is 0 Å². The lowest BCUT2D eigenvalue weighted by Gasteiger charge is -2.08. The van der Waals surface area contributed by atoms with Crippen LogP contribution in [-0.2, 0) is 6.42 Å². The maximum absolute atomic E-state index is 12.2. The number of nitrogens with one attached hydrogen (secondary N) is 1. The molecule has 1 aliphatic heterocycles. The molecule has 0 radical (unpaired) electrons. The Balaban J connectivity index is 1.61. The summed E-state index contributed by atoms with van der Waals surface area (Å²) in [4.78, 5) is 16.1. The van der Waals surface area contributed by atoms with Crippen molar-refractivity contribution in [3.8, 4) is 11.5 Å². The molecule has 142 valence electrons. The summed E-state index contributed by atoms with van der Waals surface area (Å²) in [5.74, 6) is 0.836. The number of hydrazone groups is 1. The van der Waals surface area contributed by atoms with E-state index in [9.17, 15) is 4.79 Å². The summed E-state index contributed by atoms with van der Waals surface area (Å²) in [6, 6.07) is 5.76. The Morgan fingerprint density at radius 3 is 2.78 bits per heavy atom. The number of hydrogen-bond donors (Lipinski definition) is 2. The summed E-state index contributed by atoms with van der Waals surface area (Å²) in [7, 11) is 0. The smallest absolute Gasteiger partial charge is 0.291 e. The summed E-state index contributed by atoms with van der Waals surface area (Å²) in [6.45, 7) is 2.03. The Kier molecular flexibility index (Phi) is 5.94. The molecule has 0 aliphatic carbocycles. The van der Waals surface area contributed by atoms with Crippen LogP contribution in [0.25, 0.3) is 0 Å². The average Bonchev–Trinajstić information content (AvgIpc) is 3.13. The topological polar surface area (TPSA) is 98.8 Å². The van der Waals surface area contributed by atoms with E-state index in [1.54, 1.807) is 6.92 Å². The van der Waals surface area contributed by atoms with E-state index < -0.39 is 5.91 Å². The van der Waals surface area contributed by atoms with Gasteiger partial charge in [-0.15, -0.1) is 0 Å². The van der Waals surface area contributed by atoms with E-state index in [4.69, 9.17) is 50.0 Å². The number of ether oxygens (including phenoxy) is 2. The van der Waals surface area contributed by atoms with Crippen molar-refractivity contribution in [1.29, 1.82) is 0 Å². The molecule has 1 aromatic heterocycles. The first-order valence-corrected chi connectivity index (χ1v) is 9.02. The SMILES string of the molecule is C/C(CCc1ccc2c(c1)OCO2)=N\NC(=O)c1nc(Cl)c(Cl)c(N)c1Cl. The highest BCUT2D eigenvalue weighted by atomic mass is 35.5. The normalized spacial score (nSPS) is 13.0. The van der Waals surface area contributed by atoms with E-state index in [2.05, 4.69) is 15.5 Å². The number of nitrogens with zero attached hydrogens (tertiary/aromatic N) is 2. The average molecular weight is 430 g/mol. The highest BCUT2D eigenvalue weighted by molar-refractivity contribution is 6.46. The van der Waals surface area contributed by atoms with Gasteiger partial charge in [-0.1, -0.05) is 40.9 Å². The highest BCUT2D eigenvalue weighted by Gasteiger charge is 2.19. The minimum absolute atomic E-state index is 0.00150. The molecule has 0 saturated carbocycles. The second-order valence-corrected chi connectivity index (χ2v) is 6.88. The molecule has 0 fully saturated rings. The lowest BCUT2D eigenvalue weighted by molar-refractivity contribution is 0.0950. The van der Waals surface area contributed by atoms with Crippen molar-refractivity contribution in [2.24, 2.45) is 5.10 Å². The van der Waals surface area contributed by atoms with Gasteiger partial charge in [-0.2, -0.15) is 5.10 Å². The molecular weight excluding hydrogens is 415 g/mol. The Morgan fingerprint density at radius 1 is 1.26 bits per heavy atom. The summed E-state index contributed by atoms with van der Waals surface area (Å²) < 4.78 is 10.6. The first kappa shape index (κ1) is 19.5. The highest BCUT2D eigenvalue weighted by Crippen LogP contribution is 2.34. The molecule has 0 saturated heterocycles. The molecule has 7 nitrogen and oxygen atoms in total. The number of halogens is 3. The van der Waals surface area contributed by atoms with Crippen LogP contribution in [-0.4, -0.2) is 23.4 Å². The van der Waals surface area contributed by atoms with Crippen LogP contribution in [0.4, 0.5) is 5.69 Å². The second-order valence-electron chi connectivity index (χ2n) is 5.77. The van der Waals surface area contributed by atoms with Crippen LogP contribution >= 0.6 is 34.8 Å². The number of pyridine rings is 1. The van der Waals surface area contributed by atoms with Crippen molar-refractivity contribution in [3.05, 3.63) is 44.7 Å². The molecule has 1 amide bonds. The zero-order valence-electron chi connectivity index (χ0n) is 14.2. The molecule has 27 heavy (non-hydrogen) atoms. The maximum Gasteiger partial charge on any atom is 0.291 e. The molecule has 1 aromatic carbocycles.